The van der Waals surface area contributed by atoms with Gasteiger partial charge in [-0.3, -0.25) is 0 Å². The Labute approximate surface area is 146 Å². The van der Waals surface area contributed by atoms with Crippen molar-refractivity contribution in [3.05, 3.63) is 11.1 Å². The van der Waals surface area contributed by atoms with Gasteiger partial charge in [0.2, 0.25) is 0 Å². The SMILES string of the molecule is CCCCC(=C(C(=O)O)C(=O)O)C1(CCCC)C(C)CCCC1C. The lowest BCUT2D eigenvalue weighted by molar-refractivity contribution is -0.140. The predicted octanol–water partition coefficient (Wildman–Crippen LogP) is 5.28. The first-order chi connectivity index (χ1) is 11.3. The smallest absolute Gasteiger partial charge is 0.343 e. The van der Waals surface area contributed by atoms with Crippen molar-refractivity contribution in [2.24, 2.45) is 17.3 Å². The van der Waals surface area contributed by atoms with Crippen LogP contribution < -0.4 is 0 Å². The van der Waals surface area contributed by atoms with E-state index in [9.17, 15) is 19.8 Å². The van der Waals surface area contributed by atoms with Crippen LogP contribution in [0.25, 0.3) is 0 Å². The molecule has 0 aromatic rings. The lowest BCUT2D eigenvalue weighted by Crippen LogP contribution is -2.42. The normalized spacial score (nSPS) is 26.8. The summed E-state index contributed by atoms with van der Waals surface area (Å²) in [5.41, 5.74) is 0.0629. The highest BCUT2D eigenvalue weighted by atomic mass is 16.4. The van der Waals surface area contributed by atoms with Crippen molar-refractivity contribution < 1.29 is 19.8 Å². The molecule has 0 radical (unpaired) electrons. The van der Waals surface area contributed by atoms with Crippen LogP contribution in [0.1, 0.15) is 85.5 Å². The highest BCUT2D eigenvalue weighted by Gasteiger charge is 2.47. The molecule has 4 heteroatoms. The van der Waals surface area contributed by atoms with E-state index in [0.717, 1.165) is 51.4 Å². The average molecular weight is 338 g/mol. The first-order valence-corrected chi connectivity index (χ1v) is 9.53. The third-order valence-electron chi connectivity index (χ3n) is 6.05. The molecule has 1 rings (SSSR count). The molecule has 0 aromatic heterocycles. The molecule has 1 fully saturated rings. The molecule has 0 bridgehead atoms. The van der Waals surface area contributed by atoms with Crippen LogP contribution in [-0.4, -0.2) is 22.2 Å². The summed E-state index contributed by atoms with van der Waals surface area (Å²) in [4.78, 5) is 23.6. The van der Waals surface area contributed by atoms with Gasteiger partial charge in [-0.1, -0.05) is 53.4 Å². The van der Waals surface area contributed by atoms with Gasteiger partial charge in [-0.05, 0) is 54.9 Å². The molecule has 2 unspecified atom stereocenters. The molecule has 0 amide bonds. The number of aliphatic carboxylic acids is 2. The fraction of sp³-hybridized carbons (Fsp3) is 0.800. The Morgan fingerprint density at radius 1 is 0.958 bits per heavy atom. The molecule has 0 aromatic carbocycles. The number of allylic oxidation sites excluding steroid dienone is 1. The van der Waals surface area contributed by atoms with E-state index < -0.39 is 11.9 Å². The summed E-state index contributed by atoms with van der Waals surface area (Å²) in [7, 11) is 0. The maximum Gasteiger partial charge on any atom is 0.343 e. The van der Waals surface area contributed by atoms with Crippen molar-refractivity contribution >= 4 is 11.9 Å². The maximum atomic E-state index is 11.8. The molecule has 0 heterocycles. The Morgan fingerprint density at radius 2 is 1.46 bits per heavy atom. The number of hydrogen-bond donors (Lipinski definition) is 2. The molecule has 2 N–H and O–H groups in total. The van der Waals surface area contributed by atoms with E-state index in [-0.39, 0.29) is 11.0 Å². The van der Waals surface area contributed by atoms with Gasteiger partial charge in [0.15, 0.2) is 0 Å². The molecule has 4 nitrogen and oxygen atoms in total. The average Bonchev–Trinajstić information content (AvgIpc) is 2.51. The summed E-state index contributed by atoms with van der Waals surface area (Å²) >= 11 is 0. The topological polar surface area (TPSA) is 74.6 Å². The minimum atomic E-state index is -1.28. The minimum absolute atomic E-state index is 0.282. The number of hydrogen-bond acceptors (Lipinski definition) is 2. The van der Waals surface area contributed by atoms with Gasteiger partial charge in [0.25, 0.3) is 0 Å². The number of carboxylic acid groups (broad SMARTS) is 2. The van der Waals surface area contributed by atoms with Crippen LogP contribution in [-0.2, 0) is 9.59 Å². The maximum absolute atomic E-state index is 11.8. The molecule has 0 aliphatic heterocycles. The van der Waals surface area contributed by atoms with Crippen molar-refractivity contribution in [3.8, 4) is 0 Å². The van der Waals surface area contributed by atoms with E-state index in [1.165, 1.54) is 0 Å². The van der Waals surface area contributed by atoms with Gasteiger partial charge < -0.3 is 10.2 Å². The lowest BCUT2D eigenvalue weighted by Gasteiger charge is -2.50. The number of unbranched alkanes of at least 4 members (excludes halogenated alkanes) is 2. The summed E-state index contributed by atoms with van der Waals surface area (Å²) in [5, 5.41) is 19.2. The highest BCUT2D eigenvalue weighted by Crippen LogP contribution is 2.55. The van der Waals surface area contributed by atoms with Crippen LogP contribution in [0.3, 0.4) is 0 Å². The van der Waals surface area contributed by atoms with E-state index in [1.807, 2.05) is 0 Å². The van der Waals surface area contributed by atoms with Gasteiger partial charge >= 0.3 is 11.9 Å². The second kappa shape index (κ2) is 9.24. The van der Waals surface area contributed by atoms with Gasteiger partial charge in [0, 0.05) is 0 Å². The van der Waals surface area contributed by atoms with Crippen LogP contribution >= 0.6 is 0 Å². The largest absolute Gasteiger partial charge is 0.477 e. The predicted molar refractivity (Wildman–Crippen MR) is 96.0 cm³/mol. The first kappa shape index (κ1) is 20.7. The number of rotatable bonds is 9. The van der Waals surface area contributed by atoms with Gasteiger partial charge in [-0.2, -0.15) is 0 Å². The molecular formula is C20H34O4. The standard InChI is InChI=1S/C20H34O4/c1-5-7-12-16(17(18(21)22)19(23)24)20(13-8-6-2)14(3)10-9-11-15(20)4/h14-15H,5-13H2,1-4H3,(H,21,22)(H,23,24). The zero-order valence-corrected chi connectivity index (χ0v) is 15.7. The van der Waals surface area contributed by atoms with Crippen LogP contribution in [0.15, 0.2) is 11.1 Å². The van der Waals surface area contributed by atoms with Crippen LogP contribution in [0.2, 0.25) is 0 Å². The van der Waals surface area contributed by atoms with Gasteiger partial charge in [-0.25, -0.2) is 9.59 Å². The Morgan fingerprint density at radius 3 is 1.88 bits per heavy atom. The van der Waals surface area contributed by atoms with Crippen molar-refractivity contribution in [1.29, 1.82) is 0 Å². The summed E-state index contributed by atoms with van der Waals surface area (Å²) in [5.74, 6) is -1.91. The third kappa shape index (κ3) is 4.20. The van der Waals surface area contributed by atoms with Crippen LogP contribution in [0.4, 0.5) is 0 Å². The molecule has 24 heavy (non-hydrogen) atoms. The molecule has 1 aliphatic rings. The van der Waals surface area contributed by atoms with Crippen molar-refractivity contribution in [2.75, 3.05) is 0 Å². The van der Waals surface area contributed by atoms with E-state index in [0.29, 0.717) is 23.8 Å². The van der Waals surface area contributed by atoms with E-state index in [4.69, 9.17) is 0 Å². The molecule has 138 valence electrons. The van der Waals surface area contributed by atoms with Crippen LogP contribution in [0.5, 0.6) is 0 Å². The van der Waals surface area contributed by atoms with Gasteiger partial charge in [0.05, 0.1) is 0 Å². The molecule has 1 aliphatic carbocycles. The molecular weight excluding hydrogens is 304 g/mol. The molecule has 0 spiro atoms. The van der Waals surface area contributed by atoms with Gasteiger partial charge in [-0.15, -0.1) is 0 Å². The summed E-state index contributed by atoms with van der Waals surface area (Å²) in [6, 6.07) is 0. The molecule has 0 saturated heterocycles. The van der Waals surface area contributed by atoms with E-state index in [2.05, 4.69) is 27.7 Å². The fourth-order valence-corrected chi connectivity index (χ4v) is 4.73. The Kier molecular flexibility index (Phi) is 7.98. The fourth-order valence-electron chi connectivity index (χ4n) is 4.73. The lowest BCUT2D eigenvalue weighted by atomic mass is 9.54. The highest BCUT2D eigenvalue weighted by molar-refractivity contribution is 6.13. The van der Waals surface area contributed by atoms with Gasteiger partial charge in [0.1, 0.15) is 5.57 Å². The number of carbonyl (C=O) groups is 2. The van der Waals surface area contributed by atoms with Crippen molar-refractivity contribution in [1.82, 2.24) is 0 Å². The minimum Gasteiger partial charge on any atom is -0.477 e. The summed E-state index contributed by atoms with van der Waals surface area (Å²) < 4.78 is 0. The zero-order valence-electron chi connectivity index (χ0n) is 15.7. The van der Waals surface area contributed by atoms with Crippen molar-refractivity contribution in [3.63, 3.8) is 0 Å². The quantitative estimate of drug-likeness (QED) is 0.341. The van der Waals surface area contributed by atoms with Crippen molar-refractivity contribution in [2.45, 2.75) is 85.5 Å². The Hall–Kier alpha value is -1.32. The Bertz CT molecular complexity index is 452. The van der Waals surface area contributed by atoms with E-state index in [1.54, 1.807) is 0 Å². The van der Waals surface area contributed by atoms with E-state index >= 15 is 0 Å². The zero-order chi connectivity index (χ0) is 18.3. The third-order valence-corrected chi connectivity index (χ3v) is 6.05. The second-order valence-electron chi connectivity index (χ2n) is 7.44. The molecule has 1 saturated carbocycles. The monoisotopic (exact) mass is 338 g/mol. The first-order valence-electron chi connectivity index (χ1n) is 9.53. The number of carboxylic acids is 2. The molecule has 2 atom stereocenters. The summed E-state index contributed by atoms with van der Waals surface area (Å²) in [6.45, 7) is 8.58. The summed E-state index contributed by atoms with van der Waals surface area (Å²) in [6.07, 6.45) is 8.56. The Balaban J connectivity index is 3.58. The van der Waals surface area contributed by atoms with Crippen LogP contribution in [0, 0.1) is 17.3 Å². The second-order valence-corrected chi connectivity index (χ2v) is 7.44.